The van der Waals surface area contributed by atoms with Gasteiger partial charge in [-0.3, -0.25) is 14.5 Å². The van der Waals surface area contributed by atoms with Gasteiger partial charge in [0.05, 0.1) is 31.3 Å². The van der Waals surface area contributed by atoms with Crippen LogP contribution in [0.3, 0.4) is 0 Å². The summed E-state index contributed by atoms with van der Waals surface area (Å²) in [6.45, 7) is 0. The van der Waals surface area contributed by atoms with Crippen LogP contribution >= 0.6 is 0 Å². The van der Waals surface area contributed by atoms with Gasteiger partial charge in [-0.05, 0) is 29.8 Å². The molecule has 10 nitrogen and oxygen atoms in total. The third kappa shape index (κ3) is 4.23. The molecule has 1 saturated heterocycles. The number of aliphatic hydroxyl groups is 1. The van der Waals surface area contributed by atoms with Gasteiger partial charge in [0, 0.05) is 0 Å². The highest BCUT2D eigenvalue weighted by atomic mass is 16.7. The number of ether oxygens (including phenoxy) is 1. The molecule has 4 amide bonds. The van der Waals surface area contributed by atoms with E-state index in [2.05, 4.69) is 0 Å². The summed E-state index contributed by atoms with van der Waals surface area (Å²) < 4.78 is 5.35. The van der Waals surface area contributed by atoms with E-state index in [0.717, 1.165) is 0 Å². The third-order valence-corrected chi connectivity index (χ3v) is 4.34. The molecule has 156 valence electrons. The van der Waals surface area contributed by atoms with Gasteiger partial charge in [-0.15, -0.1) is 0 Å². The van der Waals surface area contributed by atoms with Crippen LogP contribution in [0.25, 0.3) is 0 Å². The Kier molecular flexibility index (Phi) is 5.98. The maximum Gasteiger partial charge on any atom is 0.337 e. The molecule has 1 aliphatic rings. The van der Waals surface area contributed by atoms with E-state index in [1.807, 2.05) is 0 Å². The Bertz CT molecular complexity index is 993. The molecule has 0 bridgehead atoms. The average Bonchev–Trinajstić information content (AvgIpc) is 2.95. The topological polar surface area (TPSA) is 139 Å². The van der Waals surface area contributed by atoms with E-state index in [4.69, 9.17) is 15.3 Å². The molecule has 0 saturated carbocycles. The fourth-order valence-corrected chi connectivity index (χ4v) is 2.97. The van der Waals surface area contributed by atoms with Crippen molar-refractivity contribution in [2.45, 2.75) is 18.9 Å². The van der Waals surface area contributed by atoms with Gasteiger partial charge in [0.1, 0.15) is 11.9 Å². The van der Waals surface area contributed by atoms with Crippen molar-refractivity contribution in [3.63, 3.8) is 0 Å². The first-order valence-electron chi connectivity index (χ1n) is 8.89. The maximum absolute atomic E-state index is 12.1. The van der Waals surface area contributed by atoms with Gasteiger partial charge in [0.25, 0.3) is 11.8 Å². The number of primary amides is 1. The molecule has 30 heavy (non-hydrogen) atoms. The fourth-order valence-electron chi connectivity index (χ4n) is 2.97. The number of aliphatic hydroxyl groups excluding tert-OH is 1. The van der Waals surface area contributed by atoms with Crippen LogP contribution < -0.4 is 15.4 Å². The molecule has 10 heteroatoms. The number of nitrogens with two attached hydrogens (primary N) is 1. The molecule has 3 rings (SSSR count). The van der Waals surface area contributed by atoms with E-state index in [9.17, 15) is 24.3 Å². The largest absolute Gasteiger partial charge is 0.495 e. The van der Waals surface area contributed by atoms with E-state index >= 15 is 0 Å². The monoisotopic (exact) mass is 413 g/mol. The molecule has 0 spiro atoms. The van der Waals surface area contributed by atoms with Gasteiger partial charge in [-0.25, -0.2) is 9.59 Å². The molecule has 1 unspecified atom stereocenters. The summed E-state index contributed by atoms with van der Waals surface area (Å²) in [5.41, 5.74) is 6.87. The zero-order valence-electron chi connectivity index (χ0n) is 16.0. The van der Waals surface area contributed by atoms with Gasteiger partial charge in [0.2, 0.25) is 0 Å². The molecular weight excluding hydrogens is 394 g/mol. The number of nitrogens with zero attached hydrogens (tertiary/aromatic N) is 2. The Morgan fingerprint density at radius 1 is 1.20 bits per heavy atom. The number of para-hydroxylation sites is 1. The maximum atomic E-state index is 12.1. The number of benzene rings is 2. The van der Waals surface area contributed by atoms with Crippen LogP contribution in [0.15, 0.2) is 48.5 Å². The Morgan fingerprint density at radius 2 is 1.90 bits per heavy atom. The highest BCUT2D eigenvalue weighted by Gasteiger charge is 2.40. The van der Waals surface area contributed by atoms with Crippen molar-refractivity contribution >= 4 is 35.2 Å². The number of hydrogen-bond acceptors (Lipinski definition) is 7. The molecule has 0 aliphatic carbocycles. The summed E-state index contributed by atoms with van der Waals surface area (Å²) in [6, 6.07) is 12.6. The summed E-state index contributed by atoms with van der Waals surface area (Å²) in [4.78, 5) is 53.4. The van der Waals surface area contributed by atoms with Crippen molar-refractivity contribution in [3.05, 3.63) is 54.1 Å². The molecule has 0 radical (unpaired) electrons. The molecular formula is C20H19N3O7. The molecule has 3 N–H and O–H groups in total. The normalized spacial score (nSPS) is 15.8. The lowest BCUT2D eigenvalue weighted by Gasteiger charge is -2.23. The number of urea groups is 1. The number of rotatable bonds is 6. The summed E-state index contributed by atoms with van der Waals surface area (Å²) >= 11 is 0. The SMILES string of the molecule is COc1cc(CC(=O)ON2C(=O)CC(O)C2=O)ccc1N(C(N)=O)c1ccccc1. The number of amides is 4. The second-order valence-corrected chi connectivity index (χ2v) is 6.40. The number of anilines is 2. The quantitative estimate of drug-likeness (QED) is 0.674. The van der Waals surface area contributed by atoms with Crippen molar-refractivity contribution in [2.75, 3.05) is 12.0 Å². The van der Waals surface area contributed by atoms with Crippen LogP contribution in [0, 0.1) is 0 Å². The predicted octanol–water partition coefficient (Wildman–Crippen LogP) is 1.03. The number of methoxy groups -OCH3 is 1. The Morgan fingerprint density at radius 3 is 2.47 bits per heavy atom. The molecule has 0 aromatic heterocycles. The van der Waals surface area contributed by atoms with Crippen molar-refractivity contribution in [2.24, 2.45) is 5.73 Å². The molecule has 2 aromatic carbocycles. The van der Waals surface area contributed by atoms with Gasteiger partial charge in [-0.1, -0.05) is 29.3 Å². The highest BCUT2D eigenvalue weighted by Crippen LogP contribution is 2.34. The molecule has 1 aliphatic heterocycles. The van der Waals surface area contributed by atoms with E-state index in [1.54, 1.807) is 42.5 Å². The lowest BCUT2D eigenvalue weighted by molar-refractivity contribution is -0.198. The zero-order chi connectivity index (χ0) is 21.8. The number of hydrogen-bond donors (Lipinski definition) is 2. The number of hydroxylamine groups is 2. The van der Waals surface area contributed by atoms with Gasteiger partial charge in [0.15, 0.2) is 0 Å². The predicted molar refractivity (Wildman–Crippen MR) is 103 cm³/mol. The van der Waals surface area contributed by atoms with Crippen molar-refractivity contribution in [1.82, 2.24) is 5.06 Å². The zero-order valence-corrected chi connectivity index (χ0v) is 16.0. The summed E-state index contributed by atoms with van der Waals surface area (Å²) in [7, 11) is 1.40. The van der Waals surface area contributed by atoms with Crippen molar-refractivity contribution in [1.29, 1.82) is 0 Å². The van der Waals surface area contributed by atoms with E-state index in [1.165, 1.54) is 18.1 Å². The van der Waals surface area contributed by atoms with Crippen LogP contribution in [-0.4, -0.2) is 47.2 Å². The van der Waals surface area contributed by atoms with Crippen LogP contribution in [0.4, 0.5) is 16.2 Å². The number of carbonyl (C=O) groups is 4. The van der Waals surface area contributed by atoms with Crippen LogP contribution in [-0.2, 0) is 25.6 Å². The highest BCUT2D eigenvalue weighted by molar-refractivity contribution is 6.04. The smallest absolute Gasteiger partial charge is 0.337 e. The first-order chi connectivity index (χ1) is 14.3. The fraction of sp³-hybridized carbons (Fsp3) is 0.200. The summed E-state index contributed by atoms with van der Waals surface area (Å²) in [6.07, 6.45) is -2.23. The second kappa shape index (κ2) is 8.62. The van der Waals surface area contributed by atoms with Crippen LogP contribution in [0.2, 0.25) is 0 Å². The first kappa shape index (κ1) is 20.8. The molecule has 1 heterocycles. The van der Waals surface area contributed by atoms with E-state index < -0.39 is 36.3 Å². The number of imide groups is 1. The molecule has 1 atom stereocenters. The van der Waals surface area contributed by atoms with E-state index in [-0.39, 0.29) is 17.2 Å². The van der Waals surface area contributed by atoms with Gasteiger partial charge < -0.3 is 20.4 Å². The van der Waals surface area contributed by atoms with Gasteiger partial charge >= 0.3 is 12.0 Å². The summed E-state index contributed by atoms with van der Waals surface area (Å²) in [5, 5.41) is 9.64. The Balaban J connectivity index is 1.80. The Labute approximate surface area is 171 Å². The lowest BCUT2D eigenvalue weighted by atomic mass is 10.1. The van der Waals surface area contributed by atoms with Crippen molar-refractivity contribution in [3.8, 4) is 5.75 Å². The van der Waals surface area contributed by atoms with Crippen LogP contribution in [0.1, 0.15) is 12.0 Å². The second-order valence-electron chi connectivity index (χ2n) is 6.40. The first-order valence-corrected chi connectivity index (χ1v) is 8.89. The van der Waals surface area contributed by atoms with Crippen LogP contribution in [0.5, 0.6) is 5.75 Å². The van der Waals surface area contributed by atoms with E-state index in [0.29, 0.717) is 16.9 Å². The molecule has 2 aromatic rings. The minimum absolute atomic E-state index is 0.267. The summed E-state index contributed by atoms with van der Waals surface area (Å²) in [5.74, 6) is -2.39. The standard InChI is InChI=1S/C20H19N3O7/c1-29-16-9-12(10-18(26)30-23-17(25)11-15(24)19(23)27)7-8-14(16)22(20(21)28)13-5-3-2-4-6-13/h2-9,15,24H,10-11H2,1H3,(H2,21,28). The molecule has 1 fully saturated rings. The Hall–Kier alpha value is -3.92. The van der Waals surface area contributed by atoms with Gasteiger partial charge in [-0.2, -0.15) is 0 Å². The lowest BCUT2D eigenvalue weighted by Crippen LogP contribution is -2.35. The average molecular weight is 413 g/mol. The minimum Gasteiger partial charge on any atom is -0.495 e. The minimum atomic E-state index is -1.51. The van der Waals surface area contributed by atoms with Crippen molar-refractivity contribution < 1.29 is 33.9 Å². The third-order valence-electron chi connectivity index (χ3n) is 4.34. The number of carbonyl (C=O) groups excluding carboxylic acids is 4.